The summed E-state index contributed by atoms with van der Waals surface area (Å²) in [7, 11) is 0. The maximum Gasteiger partial charge on any atom is -1.00 e. The maximum absolute atomic E-state index is 7.12. The summed E-state index contributed by atoms with van der Waals surface area (Å²) in [6.07, 6.45) is 35.9. The van der Waals surface area contributed by atoms with Crippen LogP contribution in [0.3, 0.4) is 0 Å². The molecule has 9 unspecified atom stereocenters. The summed E-state index contributed by atoms with van der Waals surface area (Å²) in [4.78, 5) is 0. The van der Waals surface area contributed by atoms with E-state index in [9.17, 15) is 0 Å². The first-order chi connectivity index (χ1) is 27.7. The number of fused-ring (bicyclic) bond motifs is 10. The summed E-state index contributed by atoms with van der Waals surface area (Å²) in [6, 6.07) is 26.8. The fourth-order valence-corrected chi connectivity index (χ4v) is 26.7. The number of hydrogen-bond donors (Lipinski definition) is 0. The first kappa shape index (κ1) is 43.9. The summed E-state index contributed by atoms with van der Waals surface area (Å²) >= 11 is 10.9. The Balaban J connectivity index is 0.00000249. The Morgan fingerprint density at radius 2 is 1.05 bits per heavy atom. The summed E-state index contributed by atoms with van der Waals surface area (Å²) in [5.41, 5.74) is 2.94. The van der Waals surface area contributed by atoms with Crippen LogP contribution in [-0.2, 0) is 21.3 Å². The van der Waals surface area contributed by atoms with E-state index < -0.39 is 21.3 Å². The van der Waals surface area contributed by atoms with Crippen LogP contribution < -0.4 is 24.8 Å². The molecule has 5 heteroatoms. The molecule has 0 aromatic heterocycles. The number of hydrogen-bond acceptors (Lipinski definition) is 0. The summed E-state index contributed by atoms with van der Waals surface area (Å²) in [5.74, 6) is 0.314. The van der Waals surface area contributed by atoms with E-state index >= 15 is 0 Å². The molecule has 6 aliphatic carbocycles. The third-order valence-electron chi connectivity index (χ3n) is 18.5. The molecule has 306 valence electrons. The molecule has 0 radical (unpaired) electrons. The fourth-order valence-electron chi connectivity index (χ4n) is 14.8. The van der Waals surface area contributed by atoms with Gasteiger partial charge in [0.05, 0.1) is 0 Å². The van der Waals surface area contributed by atoms with E-state index in [1.807, 2.05) is 12.1 Å². The molecule has 4 aromatic rings. The van der Waals surface area contributed by atoms with E-state index in [1.54, 1.807) is 6.49 Å². The van der Waals surface area contributed by atoms with Crippen LogP contribution in [0, 0.1) is 43.8 Å². The Kier molecular flexibility index (Phi) is 10.7. The van der Waals surface area contributed by atoms with Gasteiger partial charge >= 0.3 is 366 Å². The molecule has 60 heavy (non-hydrogen) atoms. The summed E-state index contributed by atoms with van der Waals surface area (Å²) in [5, 5.41) is 6.30. The number of halogens is 4. The van der Waals surface area contributed by atoms with Crippen LogP contribution in [-0.4, -0.2) is 3.21 Å². The van der Waals surface area contributed by atoms with Gasteiger partial charge in [0.1, 0.15) is 0 Å². The molecule has 9 atom stereocenters. The molecule has 0 bridgehead atoms. The van der Waals surface area contributed by atoms with Crippen molar-refractivity contribution in [1.82, 2.24) is 0 Å². The smallest absolute Gasteiger partial charge is 1.00 e. The number of benzene rings is 4. The van der Waals surface area contributed by atoms with Gasteiger partial charge in [0.15, 0.2) is 0 Å². The average molecular weight is 948 g/mol. The quantitative estimate of drug-likeness (QED) is 0.191. The van der Waals surface area contributed by atoms with Crippen molar-refractivity contribution in [1.29, 1.82) is 0 Å². The molecule has 0 nitrogen and oxygen atoms in total. The summed E-state index contributed by atoms with van der Waals surface area (Å²) < 4.78 is 3.61. The third kappa shape index (κ3) is 4.95. The normalized spacial score (nSPS) is 36.3. The van der Waals surface area contributed by atoms with Gasteiger partial charge < -0.3 is 24.8 Å². The van der Waals surface area contributed by atoms with Gasteiger partial charge in [-0.15, -0.1) is 0 Å². The largest absolute Gasteiger partial charge is 1.00 e. The van der Waals surface area contributed by atoms with Crippen molar-refractivity contribution < 1.29 is 46.1 Å². The van der Waals surface area contributed by atoms with E-state index in [2.05, 4.69) is 201 Å². The Morgan fingerprint density at radius 3 is 1.58 bits per heavy atom. The summed E-state index contributed by atoms with van der Waals surface area (Å²) in [6.45, 7) is 21.2. The van der Waals surface area contributed by atoms with Crippen molar-refractivity contribution in [3.8, 4) is 0 Å². The van der Waals surface area contributed by atoms with Gasteiger partial charge in [0.25, 0.3) is 0 Å². The van der Waals surface area contributed by atoms with E-state index in [-0.39, 0.29) is 62.7 Å². The standard InChI is InChI=1S/C29H37.C21H12Cl2.C5H5.2ClH.Zr/c1-21-14-13-15-22-20-27(6)25(4)18-10-9-16-23(25,2)24(3)17-11-12-19-26(24,5)29(27,8)28(21,22)7;22-20-11-3-7-16-14(5-1-9-18(16)20)13-15-6-2-10-19-17(15)8-4-12-21(19)23;1-2-4-5-3-1;;;/h9-20,22H,1-8H3;1-12H;1-3H,4H2;2*1H;/q;;;;;+2/p-2. The van der Waals surface area contributed by atoms with Crippen molar-refractivity contribution in [2.24, 2.45) is 43.8 Å². The van der Waals surface area contributed by atoms with E-state index in [0.717, 1.165) is 27.2 Å². The second kappa shape index (κ2) is 14.6. The molecule has 2 saturated carbocycles. The zero-order valence-electron chi connectivity index (χ0n) is 35.9. The minimum Gasteiger partial charge on any atom is -1.00 e. The number of allylic oxidation sites excluding steroid dienone is 16. The molecule has 0 N–H and O–H groups in total. The van der Waals surface area contributed by atoms with Crippen LogP contribution in [0.2, 0.25) is 13.7 Å². The molecule has 0 amide bonds. The second-order valence-corrected chi connectivity index (χ2v) is 26.6. The molecule has 0 spiro atoms. The molecule has 10 rings (SSSR count). The first-order valence-corrected chi connectivity index (χ1v) is 25.8. The van der Waals surface area contributed by atoms with Gasteiger partial charge in [0, 0.05) is 0 Å². The molecule has 0 aliphatic heterocycles. The zero-order chi connectivity index (χ0) is 40.7. The third-order valence-corrected chi connectivity index (χ3v) is 28.2. The van der Waals surface area contributed by atoms with Gasteiger partial charge in [-0.05, 0) is 0 Å². The van der Waals surface area contributed by atoms with Crippen LogP contribution >= 0.6 is 23.2 Å². The molecule has 0 saturated heterocycles. The van der Waals surface area contributed by atoms with Crippen molar-refractivity contribution in [3.63, 3.8) is 0 Å². The van der Waals surface area contributed by atoms with Crippen LogP contribution in [0.5, 0.6) is 0 Å². The molecule has 0 heterocycles. The minimum absolute atomic E-state index is 0. The Bertz CT molecular complexity index is 2690. The van der Waals surface area contributed by atoms with Gasteiger partial charge in [0.2, 0.25) is 0 Å². The number of rotatable bonds is 4. The van der Waals surface area contributed by atoms with Crippen LogP contribution in [0.15, 0.2) is 167 Å². The SMILES string of the molecule is CC1=CC=CC2[CH]([Zr+2]([C]3=CC=CC3)=[C](c3cccc4c(Cl)cccc34)c3cccc4c(Cl)cccc34)C3(C)C4(C)C=CC=CC4(C)C4(C)C=CC=CC4(C)C3(C)C12C.[Cl-].[Cl-]. The average Bonchev–Trinajstić information content (AvgIpc) is 3.81. The predicted molar refractivity (Wildman–Crippen MR) is 246 cm³/mol. The second-order valence-electron chi connectivity index (χ2n) is 19.4. The van der Waals surface area contributed by atoms with Crippen molar-refractivity contribution in [2.75, 3.05) is 0 Å². The van der Waals surface area contributed by atoms with Crippen LogP contribution in [0.25, 0.3) is 21.5 Å². The van der Waals surface area contributed by atoms with E-state index in [1.165, 1.54) is 27.5 Å². The zero-order valence-corrected chi connectivity index (χ0v) is 41.4. The predicted octanol–water partition coefficient (Wildman–Crippen LogP) is 9.58. The fraction of sp³-hybridized carbons (Fsp3) is 0.327. The van der Waals surface area contributed by atoms with E-state index in [0.29, 0.717) is 9.54 Å². The monoisotopic (exact) mass is 944 g/mol. The molecule has 4 aromatic carbocycles. The Morgan fingerprint density at radius 1 is 0.567 bits per heavy atom. The van der Waals surface area contributed by atoms with Gasteiger partial charge in [-0.25, -0.2) is 0 Å². The molecular formula is C55H54Cl4Zr. The molecular weight excluding hydrogens is 894 g/mol. The van der Waals surface area contributed by atoms with Crippen molar-refractivity contribution in [2.45, 2.75) is 65.4 Å². The molecule has 2 fully saturated rings. The van der Waals surface area contributed by atoms with E-state index in [4.69, 9.17) is 23.2 Å². The van der Waals surface area contributed by atoms with Crippen LogP contribution in [0.4, 0.5) is 0 Å². The Labute approximate surface area is 388 Å². The van der Waals surface area contributed by atoms with Gasteiger partial charge in [-0.3, -0.25) is 0 Å². The maximum atomic E-state index is 7.12. The topological polar surface area (TPSA) is 0 Å². The Hall–Kier alpha value is -2.77. The van der Waals surface area contributed by atoms with Crippen molar-refractivity contribution >= 4 is 48.0 Å². The van der Waals surface area contributed by atoms with Gasteiger partial charge in [-0.1, -0.05) is 0 Å². The van der Waals surface area contributed by atoms with Crippen molar-refractivity contribution in [3.05, 3.63) is 188 Å². The minimum atomic E-state index is -3.29. The molecule has 6 aliphatic rings. The van der Waals surface area contributed by atoms with Crippen LogP contribution in [0.1, 0.15) is 72.9 Å². The first-order valence-electron chi connectivity index (χ1n) is 21.2. The van der Waals surface area contributed by atoms with Gasteiger partial charge in [-0.2, -0.15) is 0 Å².